The number of aryl methyl sites for hydroxylation is 1. The Morgan fingerprint density at radius 1 is 1.09 bits per heavy atom. The van der Waals surface area contributed by atoms with Crippen molar-refractivity contribution in [2.24, 2.45) is 0 Å². The summed E-state index contributed by atoms with van der Waals surface area (Å²) >= 11 is 0. The topological polar surface area (TPSA) is 29.1 Å². The van der Waals surface area contributed by atoms with Gasteiger partial charge in [0.15, 0.2) is 0 Å². The molecule has 1 aliphatic carbocycles. The lowest BCUT2D eigenvalue weighted by molar-refractivity contribution is -0.122. The maximum Gasteiger partial charge on any atom is 0.220 e. The van der Waals surface area contributed by atoms with E-state index in [0.717, 1.165) is 19.3 Å². The first-order valence-electron chi connectivity index (χ1n) is 9.18. The molecule has 0 radical (unpaired) electrons. The highest BCUT2D eigenvalue weighted by Gasteiger charge is 2.20. The third-order valence-electron chi connectivity index (χ3n) is 4.71. The second-order valence-electron chi connectivity index (χ2n) is 6.58. The summed E-state index contributed by atoms with van der Waals surface area (Å²) in [5.41, 5.74) is 2.75. The number of rotatable bonds is 9. The van der Waals surface area contributed by atoms with E-state index >= 15 is 0 Å². The molecule has 1 aliphatic rings. The maximum atomic E-state index is 12.1. The smallest absolute Gasteiger partial charge is 0.220 e. The second kappa shape index (κ2) is 9.66. The van der Waals surface area contributed by atoms with Crippen LogP contribution in [-0.4, -0.2) is 5.91 Å². The first-order valence-corrected chi connectivity index (χ1v) is 9.18. The molecule has 1 atom stereocenters. The molecule has 1 unspecified atom stereocenters. The van der Waals surface area contributed by atoms with Crippen LogP contribution in [-0.2, 0) is 11.2 Å². The van der Waals surface area contributed by atoms with E-state index in [9.17, 15) is 4.79 Å². The molecule has 0 saturated heterocycles. The minimum Gasteiger partial charge on any atom is -0.349 e. The van der Waals surface area contributed by atoms with Crippen LogP contribution in [0.4, 0.5) is 0 Å². The number of nitrogens with one attached hydrogen (secondary N) is 1. The zero-order valence-electron chi connectivity index (χ0n) is 14.1. The fourth-order valence-corrected chi connectivity index (χ4v) is 3.41. The highest BCUT2D eigenvalue weighted by atomic mass is 16.1. The molecule has 1 amide bonds. The van der Waals surface area contributed by atoms with E-state index in [2.05, 4.69) is 36.5 Å². The van der Waals surface area contributed by atoms with Gasteiger partial charge in [-0.05, 0) is 36.8 Å². The molecule has 22 heavy (non-hydrogen) atoms. The average Bonchev–Trinajstić information content (AvgIpc) is 2.54. The Balaban J connectivity index is 1.66. The van der Waals surface area contributed by atoms with E-state index in [-0.39, 0.29) is 11.9 Å². The molecule has 2 heteroatoms. The summed E-state index contributed by atoms with van der Waals surface area (Å²) in [6.07, 6.45) is 12.9. The van der Waals surface area contributed by atoms with Crippen LogP contribution < -0.4 is 5.32 Å². The normalized spacial score (nSPS) is 17.0. The SMILES string of the molecule is CCCCCCCCCC(=O)NC1CCCc2ccccc21. The molecule has 1 aromatic carbocycles. The van der Waals surface area contributed by atoms with E-state index in [1.54, 1.807) is 0 Å². The van der Waals surface area contributed by atoms with Crippen molar-refractivity contribution in [3.8, 4) is 0 Å². The summed E-state index contributed by atoms with van der Waals surface area (Å²) < 4.78 is 0. The molecule has 0 bridgehead atoms. The van der Waals surface area contributed by atoms with Gasteiger partial charge >= 0.3 is 0 Å². The van der Waals surface area contributed by atoms with E-state index in [1.807, 2.05) is 0 Å². The molecule has 1 aromatic rings. The Morgan fingerprint density at radius 3 is 2.64 bits per heavy atom. The van der Waals surface area contributed by atoms with Crippen LogP contribution in [0, 0.1) is 0 Å². The zero-order valence-corrected chi connectivity index (χ0v) is 14.1. The van der Waals surface area contributed by atoms with Crippen LogP contribution in [0.3, 0.4) is 0 Å². The number of carbonyl (C=O) groups is 1. The van der Waals surface area contributed by atoms with Crippen LogP contribution in [0.1, 0.15) is 88.3 Å². The van der Waals surface area contributed by atoms with Gasteiger partial charge in [0.1, 0.15) is 0 Å². The van der Waals surface area contributed by atoms with Gasteiger partial charge in [-0.25, -0.2) is 0 Å². The monoisotopic (exact) mass is 301 g/mol. The molecule has 2 rings (SSSR count). The molecule has 0 spiro atoms. The Labute approximate surface area is 135 Å². The summed E-state index contributed by atoms with van der Waals surface area (Å²) in [4.78, 5) is 12.1. The lowest BCUT2D eigenvalue weighted by Gasteiger charge is -2.26. The fourth-order valence-electron chi connectivity index (χ4n) is 3.41. The number of hydrogen-bond donors (Lipinski definition) is 1. The van der Waals surface area contributed by atoms with Gasteiger partial charge < -0.3 is 5.32 Å². The Bertz CT molecular complexity index is 455. The van der Waals surface area contributed by atoms with Gasteiger partial charge in [0.25, 0.3) is 0 Å². The van der Waals surface area contributed by atoms with Crippen LogP contribution in [0.25, 0.3) is 0 Å². The van der Waals surface area contributed by atoms with Crippen molar-refractivity contribution in [2.45, 2.75) is 83.6 Å². The van der Waals surface area contributed by atoms with Crippen LogP contribution in [0.15, 0.2) is 24.3 Å². The van der Waals surface area contributed by atoms with Gasteiger partial charge in [-0.2, -0.15) is 0 Å². The lowest BCUT2D eigenvalue weighted by atomic mass is 9.87. The number of carbonyl (C=O) groups excluding carboxylic acids is 1. The van der Waals surface area contributed by atoms with Crippen molar-refractivity contribution in [1.29, 1.82) is 0 Å². The predicted octanol–water partition coefficient (Wildman–Crippen LogP) is 5.32. The van der Waals surface area contributed by atoms with Crippen molar-refractivity contribution in [3.63, 3.8) is 0 Å². The first kappa shape index (κ1) is 17.1. The second-order valence-corrected chi connectivity index (χ2v) is 6.58. The van der Waals surface area contributed by atoms with Gasteiger partial charge in [-0.1, -0.05) is 69.7 Å². The molecular weight excluding hydrogens is 270 g/mol. The van der Waals surface area contributed by atoms with Gasteiger partial charge in [0.05, 0.1) is 6.04 Å². The van der Waals surface area contributed by atoms with Gasteiger partial charge in [0.2, 0.25) is 5.91 Å². The van der Waals surface area contributed by atoms with Crippen LogP contribution >= 0.6 is 0 Å². The summed E-state index contributed by atoms with van der Waals surface area (Å²) in [5.74, 6) is 0.232. The Hall–Kier alpha value is -1.31. The molecule has 1 N–H and O–H groups in total. The summed E-state index contributed by atoms with van der Waals surface area (Å²) in [7, 11) is 0. The molecule has 0 fully saturated rings. The van der Waals surface area contributed by atoms with E-state index in [1.165, 1.54) is 56.1 Å². The number of unbranched alkanes of at least 4 members (excludes halogenated alkanes) is 6. The third-order valence-corrected chi connectivity index (χ3v) is 4.71. The van der Waals surface area contributed by atoms with Gasteiger partial charge in [-0.3, -0.25) is 4.79 Å². The highest BCUT2D eigenvalue weighted by molar-refractivity contribution is 5.76. The summed E-state index contributed by atoms with van der Waals surface area (Å²) in [5, 5.41) is 3.25. The molecule has 2 nitrogen and oxygen atoms in total. The molecule has 0 aromatic heterocycles. The standard InChI is InChI=1S/C20H31NO/c1-2-3-4-5-6-7-8-16-20(22)21-19-15-11-13-17-12-9-10-14-18(17)19/h9-10,12,14,19H,2-8,11,13,15-16H2,1H3,(H,21,22). The lowest BCUT2D eigenvalue weighted by Crippen LogP contribution is -2.30. The molecule has 122 valence electrons. The van der Waals surface area contributed by atoms with E-state index < -0.39 is 0 Å². The Kier molecular flexibility index (Phi) is 7.48. The first-order chi connectivity index (χ1) is 10.8. The predicted molar refractivity (Wildman–Crippen MR) is 92.9 cm³/mol. The largest absolute Gasteiger partial charge is 0.349 e. The van der Waals surface area contributed by atoms with Crippen molar-refractivity contribution < 1.29 is 4.79 Å². The van der Waals surface area contributed by atoms with Crippen molar-refractivity contribution >= 4 is 5.91 Å². The number of fused-ring (bicyclic) bond motifs is 1. The van der Waals surface area contributed by atoms with Crippen LogP contribution in [0.2, 0.25) is 0 Å². The minimum atomic E-state index is 0.232. The quantitative estimate of drug-likeness (QED) is 0.614. The molecule has 0 heterocycles. The number of hydrogen-bond acceptors (Lipinski definition) is 1. The summed E-state index contributed by atoms with van der Waals surface area (Å²) in [6, 6.07) is 8.79. The third kappa shape index (κ3) is 5.47. The average molecular weight is 301 g/mol. The zero-order chi connectivity index (χ0) is 15.6. The van der Waals surface area contributed by atoms with Gasteiger partial charge in [-0.15, -0.1) is 0 Å². The maximum absolute atomic E-state index is 12.1. The minimum absolute atomic E-state index is 0.232. The van der Waals surface area contributed by atoms with Crippen molar-refractivity contribution in [1.82, 2.24) is 5.32 Å². The molecular formula is C20H31NO. The van der Waals surface area contributed by atoms with E-state index in [4.69, 9.17) is 0 Å². The van der Waals surface area contributed by atoms with Crippen LogP contribution in [0.5, 0.6) is 0 Å². The highest BCUT2D eigenvalue weighted by Crippen LogP contribution is 2.29. The fraction of sp³-hybridized carbons (Fsp3) is 0.650. The molecule has 0 saturated carbocycles. The summed E-state index contributed by atoms with van der Waals surface area (Å²) in [6.45, 7) is 2.24. The van der Waals surface area contributed by atoms with E-state index in [0.29, 0.717) is 6.42 Å². The molecule has 0 aliphatic heterocycles. The Morgan fingerprint density at radius 2 is 1.82 bits per heavy atom. The number of benzene rings is 1. The van der Waals surface area contributed by atoms with Crippen molar-refractivity contribution in [2.75, 3.05) is 0 Å². The van der Waals surface area contributed by atoms with Gasteiger partial charge in [0, 0.05) is 6.42 Å². The number of amides is 1. The van der Waals surface area contributed by atoms with Crippen molar-refractivity contribution in [3.05, 3.63) is 35.4 Å².